The zero-order valence-corrected chi connectivity index (χ0v) is 6.52. The number of aryl methyl sites for hydroxylation is 1. The predicted octanol–water partition coefficient (Wildman–Crippen LogP) is 0.310. The number of nitrogens with zero attached hydrogens (tertiary/aromatic N) is 4. The number of anilines is 1. The average Bonchev–Trinajstić information content (AvgIpc) is 2.07. The lowest BCUT2D eigenvalue weighted by molar-refractivity contribution is 1.11. The molecule has 0 saturated heterocycles. The molecule has 0 aliphatic carbocycles. The van der Waals surface area contributed by atoms with Crippen LogP contribution in [0.1, 0.15) is 5.69 Å². The Morgan fingerprint density at radius 2 is 2.08 bits per heavy atom. The van der Waals surface area contributed by atoms with Crippen molar-refractivity contribution in [2.24, 2.45) is 0 Å². The van der Waals surface area contributed by atoms with Crippen LogP contribution in [0.15, 0.2) is 12.5 Å². The first-order valence-electron chi connectivity index (χ1n) is 3.47. The molecule has 0 amide bonds. The van der Waals surface area contributed by atoms with Gasteiger partial charge in [-0.05, 0) is 6.92 Å². The Kier molecular flexibility index (Phi) is 1.36. The van der Waals surface area contributed by atoms with E-state index in [-0.39, 0.29) is 0 Å². The molecule has 0 aliphatic rings. The smallest absolute Gasteiger partial charge is 0.183 e. The highest BCUT2D eigenvalue weighted by Crippen LogP contribution is 2.10. The van der Waals surface area contributed by atoms with Crippen LogP contribution >= 0.6 is 0 Å². The molecule has 2 aromatic rings. The van der Waals surface area contributed by atoms with Crippen molar-refractivity contribution in [3.8, 4) is 0 Å². The standard InChI is InChI=1S/C7H7N5/c1-4-2-9-7-5(12-4)6(8)10-3-11-7/h2-3H,1H3,(H2,8,9,10,11). The number of nitrogen functional groups attached to an aromatic ring is 1. The molecule has 5 nitrogen and oxygen atoms in total. The van der Waals surface area contributed by atoms with Gasteiger partial charge in [0.25, 0.3) is 0 Å². The highest BCUT2D eigenvalue weighted by molar-refractivity contribution is 5.79. The minimum Gasteiger partial charge on any atom is -0.382 e. The lowest BCUT2D eigenvalue weighted by Crippen LogP contribution is -1.97. The van der Waals surface area contributed by atoms with Gasteiger partial charge in [-0.25, -0.2) is 19.9 Å². The fourth-order valence-electron chi connectivity index (χ4n) is 0.944. The fraction of sp³-hybridized carbons (Fsp3) is 0.143. The Bertz CT molecular complexity index is 425. The SMILES string of the molecule is Cc1cnc2ncnc(N)c2n1. The highest BCUT2D eigenvalue weighted by atomic mass is 15.0. The van der Waals surface area contributed by atoms with E-state index < -0.39 is 0 Å². The highest BCUT2D eigenvalue weighted by Gasteiger charge is 2.01. The van der Waals surface area contributed by atoms with Crippen LogP contribution in [-0.2, 0) is 0 Å². The maximum absolute atomic E-state index is 5.57. The summed E-state index contributed by atoms with van der Waals surface area (Å²) in [5.74, 6) is 0.371. The maximum atomic E-state index is 5.57. The molecule has 2 aromatic heterocycles. The van der Waals surface area contributed by atoms with Gasteiger partial charge >= 0.3 is 0 Å². The lowest BCUT2D eigenvalue weighted by Gasteiger charge is -1.97. The Morgan fingerprint density at radius 1 is 1.25 bits per heavy atom. The molecule has 5 heteroatoms. The van der Waals surface area contributed by atoms with Crippen LogP contribution in [0, 0.1) is 6.92 Å². The third-order valence-corrected chi connectivity index (χ3v) is 1.49. The number of rotatable bonds is 0. The summed E-state index contributed by atoms with van der Waals surface area (Å²) in [6, 6.07) is 0. The van der Waals surface area contributed by atoms with Crippen molar-refractivity contribution < 1.29 is 0 Å². The van der Waals surface area contributed by atoms with Crippen LogP contribution in [0.2, 0.25) is 0 Å². The summed E-state index contributed by atoms with van der Waals surface area (Å²) in [7, 11) is 0. The topological polar surface area (TPSA) is 77.6 Å². The molecular weight excluding hydrogens is 154 g/mol. The molecule has 0 saturated carbocycles. The van der Waals surface area contributed by atoms with Crippen LogP contribution < -0.4 is 5.73 Å². The van der Waals surface area contributed by atoms with Crippen molar-refractivity contribution in [1.29, 1.82) is 0 Å². The molecule has 0 aliphatic heterocycles. The fourth-order valence-corrected chi connectivity index (χ4v) is 0.944. The molecule has 0 radical (unpaired) electrons. The summed E-state index contributed by atoms with van der Waals surface area (Å²) < 4.78 is 0. The van der Waals surface area contributed by atoms with E-state index in [1.165, 1.54) is 6.33 Å². The van der Waals surface area contributed by atoms with Crippen LogP contribution in [0.3, 0.4) is 0 Å². The van der Waals surface area contributed by atoms with Crippen molar-refractivity contribution in [2.45, 2.75) is 6.92 Å². The molecule has 0 fully saturated rings. The van der Waals surface area contributed by atoms with Gasteiger partial charge < -0.3 is 5.73 Å². The van der Waals surface area contributed by atoms with E-state index in [1.54, 1.807) is 6.20 Å². The summed E-state index contributed by atoms with van der Waals surface area (Å²) in [6.45, 7) is 1.85. The summed E-state index contributed by atoms with van der Waals surface area (Å²) in [4.78, 5) is 15.9. The number of nitrogens with two attached hydrogens (primary N) is 1. The number of hydrogen-bond acceptors (Lipinski definition) is 5. The van der Waals surface area contributed by atoms with Gasteiger partial charge in [-0.15, -0.1) is 0 Å². The minimum atomic E-state index is 0.371. The van der Waals surface area contributed by atoms with E-state index in [0.29, 0.717) is 17.0 Å². The molecule has 2 rings (SSSR count). The van der Waals surface area contributed by atoms with E-state index >= 15 is 0 Å². The van der Waals surface area contributed by atoms with Gasteiger partial charge in [0, 0.05) is 0 Å². The second-order valence-electron chi connectivity index (χ2n) is 2.44. The van der Waals surface area contributed by atoms with E-state index in [4.69, 9.17) is 5.73 Å². The van der Waals surface area contributed by atoms with E-state index in [9.17, 15) is 0 Å². The number of hydrogen-bond donors (Lipinski definition) is 1. The Morgan fingerprint density at radius 3 is 2.92 bits per heavy atom. The van der Waals surface area contributed by atoms with E-state index in [0.717, 1.165) is 5.69 Å². The summed E-state index contributed by atoms with van der Waals surface area (Å²) in [5, 5.41) is 0. The van der Waals surface area contributed by atoms with E-state index in [1.807, 2.05) is 6.92 Å². The second kappa shape index (κ2) is 2.37. The van der Waals surface area contributed by atoms with Crippen LogP contribution in [-0.4, -0.2) is 19.9 Å². The molecule has 2 heterocycles. The molecule has 0 spiro atoms. The molecular formula is C7H7N5. The normalized spacial score (nSPS) is 10.4. The van der Waals surface area contributed by atoms with Crippen LogP contribution in [0.25, 0.3) is 11.2 Å². The van der Waals surface area contributed by atoms with Gasteiger partial charge in [0.15, 0.2) is 17.0 Å². The Balaban J connectivity index is 2.88. The summed E-state index contributed by atoms with van der Waals surface area (Å²) in [6.07, 6.45) is 3.02. The van der Waals surface area contributed by atoms with Gasteiger partial charge in [0.2, 0.25) is 0 Å². The predicted molar refractivity (Wildman–Crippen MR) is 44.3 cm³/mol. The minimum absolute atomic E-state index is 0.371. The summed E-state index contributed by atoms with van der Waals surface area (Å²) >= 11 is 0. The first kappa shape index (κ1) is 6.90. The number of fused-ring (bicyclic) bond motifs is 1. The van der Waals surface area contributed by atoms with Crippen molar-refractivity contribution in [2.75, 3.05) is 5.73 Å². The first-order chi connectivity index (χ1) is 5.77. The van der Waals surface area contributed by atoms with Gasteiger partial charge in [-0.3, -0.25) is 0 Å². The Hall–Kier alpha value is -1.78. The molecule has 0 atom stereocenters. The molecule has 0 bridgehead atoms. The van der Waals surface area contributed by atoms with Crippen molar-refractivity contribution in [3.63, 3.8) is 0 Å². The lowest BCUT2D eigenvalue weighted by atomic mass is 10.4. The van der Waals surface area contributed by atoms with Crippen molar-refractivity contribution in [1.82, 2.24) is 19.9 Å². The van der Waals surface area contributed by atoms with Gasteiger partial charge in [-0.1, -0.05) is 0 Å². The zero-order chi connectivity index (χ0) is 8.55. The maximum Gasteiger partial charge on any atom is 0.183 e. The molecule has 12 heavy (non-hydrogen) atoms. The molecule has 0 aromatic carbocycles. The van der Waals surface area contributed by atoms with Crippen molar-refractivity contribution in [3.05, 3.63) is 18.2 Å². The van der Waals surface area contributed by atoms with Crippen LogP contribution in [0.5, 0.6) is 0 Å². The van der Waals surface area contributed by atoms with Gasteiger partial charge in [0.05, 0.1) is 11.9 Å². The third-order valence-electron chi connectivity index (χ3n) is 1.49. The second-order valence-corrected chi connectivity index (χ2v) is 2.44. The summed E-state index contributed by atoms with van der Waals surface area (Å²) in [5.41, 5.74) is 7.48. The Labute approximate surface area is 68.7 Å². The first-order valence-corrected chi connectivity index (χ1v) is 3.47. The monoisotopic (exact) mass is 161 g/mol. The quantitative estimate of drug-likeness (QED) is 0.601. The number of aromatic nitrogens is 4. The van der Waals surface area contributed by atoms with Crippen molar-refractivity contribution >= 4 is 17.0 Å². The zero-order valence-electron chi connectivity index (χ0n) is 6.52. The molecule has 60 valence electrons. The molecule has 2 N–H and O–H groups in total. The van der Waals surface area contributed by atoms with Crippen LogP contribution in [0.4, 0.5) is 5.82 Å². The van der Waals surface area contributed by atoms with E-state index in [2.05, 4.69) is 19.9 Å². The average molecular weight is 161 g/mol. The van der Waals surface area contributed by atoms with Gasteiger partial charge in [0.1, 0.15) is 6.33 Å². The largest absolute Gasteiger partial charge is 0.382 e. The third kappa shape index (κ3) is 0.952. The molecule has 0 unspecified atom stereocenters. The van der Waals surface area contributed by atoms with Gasteiger partial charge in [-0.2, -0.15) is 0 Å².